The third-order valence-electron chi connectivity index (χ3n) is 2.12. The van der Waals surface area contributed by atoms with Crippen LogP contribution in [0.5, 0.6) is 5.75 Å². The molecule has 0 saturated heterocycles. The zero-order chi connectivity index (χ0) is 11.3. The van der Waals surface area contributed by atoms with E-state index in [1.165, 1.54) is 0 Å². The van der Waals surface area contributed by atoms with Gasteiger partial charge in [0.15, 0.2) is 6.29 Å². The number of aromatic hydroxyl groups is 1. The van der Waals surface area contributed by atoms with Crippen LogP contribution in [0.4, 0.5) is 0 Å². The van der Waals surface area contributed by atoms with Crippen LogP contribution >= 0.6 is 0 Å². The molecule has 0 fully saturated rings. The second-order valence-electron chi connectivity index (χ2n) is 3.07. The summed E-state index contributed by atoms with van der Waals surface area (Å²) in [5.74, 6) is 2.40. The summed E-state index contributed by atoms with van der Waals surface area (Å²) in [6, 6.07) is 3.29. The fraction of sp³-hybridized carbons (Fsp3) is 0.250. The number of hydrogen-bond donors (Lipinski definition) is 1. The largest absolute Gasteiger partial charge is 0.507 e. The van der Waals surface area contributed by atoms with E-state index < -0.39 is 0 Å². The third-order valence-corrected chi connectivity index (χ3v) is 2.12. The molecule has 0 unspecified atom stereocenters. The van der Waals surface area contributed by atoms with Crippen molar-refractivity contribution in [3.63, 3.8) is 0 Å². The number of benzene rings is 1. The van der Waals surface area contributed by atoms with E-state index in [1.807, 2.05) is 0 Å². The number of ether oxygens (including phenoxy) is 1. The maximum atomic E-state index is 10.6. The zero-order valence-corrected chi connectivity index (χ0v) is 8.49. The molecule has 15 heavy (non-hydrogen) atoms. The summed E-state index contributed by atoms with van der Waals surface area (Å²) in [7, 11) is 1.56. The number of rotatable bonds is 4. The molecule has 0 bridgehead atoms. The number of carbonyl (C=O) groups excluding carboxylic acids is 1. The van der Waals surface area contributed by atoms with E-state index in [-0.39, 0.29) is 17.7 Å². The lowest BCUT2D eigenvalue weighted by molar-refractivity contribution is 0.112. The first-order valence-electron chi connectivity index (χ1n) is 4.45. The fourth-order valence-corrected chi connectivity index (χ4v) is 1.38. The minimum Gasteiger partial charge on any atom is -0.507 e. The molecule has 1 N–H and O–H groups in total. The molecular weight excluding hydrogens is 192 g/mol. The average Bonchev–Trinajstić information content (AvgIpc) is 2.24. The van der Waals surface area contributed by atoms with Crippen molar-refractivity contribution in [2.24, 2.45) is 0 Å². The van der Waals surface area contributed by atoms with Gasteiger partial charge in [0.2, 0.25) is 0 Å². The first-order chi connectivity index (χ1) is 7.24. The van der Waals surface area contributed by atoms with Crippen LogP contribution in [0.1, 0.15) is 21.5 Å². The Kier molecular flexibility index (Phi) is 3.90. The van der Waals surface area contributed by atoms with Gasteiger partial charge in [0.05, 0.1) is 12.2 Å². The van der Waals surface area contributed by atoms with Gasteiger partial charge in [-0.1, -0.05) is 6.07 Å². The molecule has 0 amide bonds. The molecule has 0 aliphatic rings. The fourth-order valence-electron chi connectivity index (χ4n) is 1.38. The maximum absolute atomic E-state index is 10.6. The third kappa shape index (κ3) is 2.36. The molecule has 3 heteroatoms. The zero-order valence-electron chi connectivity index (χ0n) is 8.49. The molecule has 0 aromatic heterocycles. The van der Waals surface area contributed by atoms with Gasteiger partial charge in [-0.15, -0.1) is 12.3 Å². The van der Waals surface area contributed by atoms with E-state index in [1.54, 1.807) is 19.2 Å². The highest BCUT2D eigenvalue weighted by Crippen LogP contribution is 2.25. The smallest absolute Gasteiger partial charge is 0.153 e. The van der Waals surface area contributed by atoms with Crippen LogP contribution in [0.2, 0.25) is 0 Å². The Morgan fingerprint density at radius 3 is 2.87 bits per heavy atom. The van der Waals surface area contributed by atoms with E-state index in [0.29, 0.717) is 18.5 Å². The molecule has 0 heterocycles. The van der Waals surface area contributed by atoms with Crippen molar-refractivity contribution in [2.75, 3.05) is 7.11 Å². The Labute approximate surface area is 88.7 Å². The lowest BCUT2D eigenvalue weighted by Gasteiger charge is -2.10. The average molecular weight is 204 g/mol. The predicted molar refractivity (Wildman–Crippen MR) is 56.7 cm³/mol. The Balaban J connectivity index is 3.24. The van der Waals surface area contributed by atoms with Gasteiger partial charge in [-0.2, -0.15) is 0 Å². The number of terminal acetylenes is 1. The molecule has 1 aromatic rings. The monoisotopic (exact) mass is 204 g/mol. The van der Waals surface area contributed by atoms with Crippen molar-refractivity contribution >= 4 is 6.29 Å². The molecule has 1 aromatic carbocycles. The topological polar surface area (TPSA) is 46.5 Å². The highest BCUT2D eigenvalue weighted by molar-refractivity contribution is 5.80. The molecule has 3 nitrogen and oxygen atoms in total. The van der Waals surface area contributed by atoms with Crippen molar-refractivity contribution in [1.82, 2.24) is 0 Å². The highest BCUT2D eigenvalue weighted by Gasteiger charge is 2.10. The van der Waals surface area contributed by atoms with E-state index in [0.717, 1.165) is 5.56 Å². The van der Waals surface area contributed by atoms with Gasteiger partial charge >= 0.3 is 0 Å². The van der Waals surface area contributed by atoms with Crippen LogP contribution in [0.15, 0.2) is 12.1 Å². The predicted octanol–water partition coefficient (Wildman–Crippen LogP) is 1.53. The molecule has 0 saturated carbocycles. The number of hydrogen-bond acceptors (Lipinski definition) is 3. The summed E-state index contributed by atoms with van der Waals surface area (Å²) < 4.78 is 4.98. The van der Waals surface area contributed by atoms with Crippen molar-refractivity contribution in [1.29, 1.82) is 0 Å². The van der Waals surface area contributed by atoms with Gasteiger partial charge in [0.1, 0.15) is 5.75 Å². The molecule has 0 spiro atoms. The second kappa shape index (κ2) is 5.18. The molecule has 78 valence electrons. The molecule has 0 aliphatic carbocycles. The van der Waals surface area contributed by atoms with Crippen molar-refractivity contribution < 1.29 is 14.6 Å². The van der Waals surface area contributed by atoms with Crippen LogP contribution in [-0.4, -0.2) is 18.5 Å². The quantitative estimate of drug-likeness (QED) is 0.597. The van der Waals surface area contributed by atoms with Gasteiger partial charge in [0, 0.05) is 19.1 Å². The summed E-state index contributed by atoms with van der Waals surface area (Å²) >= 11 is 0. The Morgan fingerprint density at radius 1 is 1.60 bits per heavy atom. The first kappa shape index (κ1) is 11.3. The standard InChI is InChI=1S/C12H12O3/c1-3-4-11-10(8-15-2)6-5-9(7-13)12(11)14/h1,5-7,14H,4,8H2,2H3. The van der Waals surface area contributed by atoms with E-state index >= 15 is 0 Å². The summed E-state index contributed by atoms with van der Waals surface area (Å²) in [6.45, 7) is 0.365. The van der Waals surface area contributed by atoms with Crippen LogP contribution < -0.4 is 0 Å². The number of aldehydes is 1. The number of phenols is 1. The summed E-state index contributed by atoms with van der Waals surface area (Å²) in [4.78, 5) is 10.6. The first-order valence-corrected chi connectivity index (χ1v) is 4.45. The lowest BCUT2D eigenvalue weighted by Crippen LogP contribution is -1.98. The minimum absolute atomic E-state index is 0.0440. The molecular formula is C12H12O3. The van der Waals surface area contributed by atoms with Gasteiger partial charge in [-0.25, -0.2) is 0 Å². The Hall–Kier alpha value is -1.79. The SMILES string of the molecule is C#CCc1c(COC)ccc(C=O)c1O. The van der Waals surface area contributed by atoms with E-state index in [4.69, 9.17) is 11.2 Å². The second-order valence-corrected chi connectivity index (χ2v) is 3.07. The Morgan fingerprint density at radius 2 is 2.33 bits per heavy atom. The van der Waals surface area contributed by atoms with Crippen molar-refractivity contribution in [3.8, 4) is 18.1 Å². The summed E-state index contributed by atoms with van der Waals surface area (Å²) in [6.07, 6.45) is 6.08. The molecule has 0 atom stereocenters. The van der Waals surface area contributed by atoms with Gasteiger partial charge in [-0.3, -0.25) is 4.79 Å². The Bertz CT molecular complexity index is 402. The number of phenolic OH excluding ortho intramolecular Hbond substituents is 1. The van der Waals surface area contributed by atoms with Crippen molar-refractivity contribution in [3.05, 3.63) is 28.8 Å². The van der Waals surface area contributed by atoms with Crippen LogP contribution in [0, 0.1) is 12.3 Å². The van der Waals surface area contributed by atoms with Crippen LogP contribution in [0.3, 0.4) is 0 Å². The van der Waals surface area contributed by atoms with Crippen molar-refractivity contribution in [2.45, 2.75) is 13.0 Å². The molecule has 1 rings (SSSR count). The number of carbonyl (C=O) groups is 1. The van der Waals surface area contributed by atoms with E-state index in [9.17, 15) is 9.90 Å². The van der Waals surface area contributed by atoms with E-state index in [2.05, 4.69) is 5.92 Å². The summed E-state index contributed by atoms with van der Waals surface area (Å²) in [5.41, 5.74) is 1.64. The minimum atomic E-state index is -0.0440. The van der Waals surface area contributed by atoms with Crippen LogP contribution in [0.25, 0.3) is 0 Å². The van der Waals surface area contributed by atoms with Gasteiger partial charge < -0.3 is 9.84 Å². The molecule has 0 aliphatic heterocycles. The van der Waals surface area contributed by atoms with Gasteiger partial charge in [-0.05, 0) is 11.6 Å². The lowest BCUT2D eigenvalue weighted by atomic mass is 10.0. The molecule has 0 radical (unpaired) electrons. The van der Waals surface area contributed by atoms with Gasteiger partial charge in [0.25, 0.3) is 0 Å². The highest BCUT2D eigenvalue weighted by atomic mass is 16.5. The number of methoxy groups -OCH3 is 1. The summed E-state index contributed by atoms with van der Waals surface area (Å²) in [5, 5.41) is 9.75. The normalized spacial score (nSPS) is 9.60. The van der Waals surface area contributed by atoms with Crippen LogP contribution in [-0.2, 0) is 17.8 Å². The maximum Gasteiger partial charge on any atom is 0.153 e.